The van der Waals surface area contributed by atoms with Gasteiger partial charge in [0.15, 0.2) is 11.6 Å². The SMILES string of the molecule is Cc1cc(CN2CCN(Cc3ccc(F)c(F)c3)C(CCO)C2)cc(C)c1O. The summed E-state index contributed by atoms with van der Waals surface area (Å²) in [5, 5.41) is 19.4. The van der Waals surface area contributed by atoms with Crippen LogP contribution in [0, 0.1) is 25.5 Å². The maximum absolute atomic E-state index is 13.5. The van der Waals surface area contributed by atoms with Crippen LogP contribution in [0.1, 0.15) is 28.7 Å². The van der Waals surface area contributed by atoms with E-state index in [1.54, 1.807) is 6.07 Å². The quantitative estimate of drug-likeness (QED) is 0.794. The topological polar surface area (TPSA) is 46.9 Å². The van der Waals surface area contributed by atoms with E-state index in [1.807, 2.05) is 26.0 Å². The lowest BCUT2D eigenvalue weighted by atomic mass is 10.0. The molecule has 2 aromatic carbocycles. The Labute approximate surface area is 165 Å². The predicted molar refractivity (Wildman–Crippen MR) is 105 cm³/mol. The fraction of sp³-hybridized carbons (Fsp3) is 0.455. The van der Waals surface area contributed by atoms with E-state index >= 15 is 0 Å². The molecule has 1 aliphatic rings. The molecule has 0 aromatic heterocycles. The number of halogens is 2. The van der Waals surface area contributed by atoms with Gasteiger partial charge in [0.25, 0.3) is 0 Å². The average Bonchev–Trinajstić information content (AvgIpc) is 2.65. The van der Waals surface area contributed by atoms with E-state index in [2.05, 4.69) is 9.80 Å². The van der Waals surface area contributed by atoms with Crippen LogP contribution in [0.4, 0.5) is 8.78 Å². The second kappa shape index (κ2) is 8.99. The van der Waals surface area contributed by atoms with E-state index in [1.165, 1.54) is 6.07 Å². The van der Waals surface area contributed by atoms with Crippen molar-refractivity contribution in [1.82, 2.24) is 9.80 Å². The van der Waals surface area contributed by atoms with Gasteiger partial charge in [-0.15, -0.1) is 0 Å². The summed E-state index contributed by atoms with van der Waals surface area (Å²) in [4.78, 5) is 4.57. The van der Waals surface area contributed by atoms with Crippen molar-refractivity contribution in [2.75, 3.05) is 26.2 Å². The first-order chi connectivity index (χ1) is 13.4. The lowest BCUT2D eigenvalue weighted by Crippen LogP contribution is -2.52. The molecule has 1 aliphatic heterocycles. The number of benzene rings is 2. The third-order valence-corrected chi connectivity index (χ3v) is 5.48. The third-order valence-electron chi connectivity index (χ3n) is 5.48. The van der Waals surface area contributed by atoms with Gasteiger partial charge in [-0.1, -0.05) is 18.2 Å². The molecule has 0 spiro atoms. The molecule has 2 N–H and O–H groups in total. The Morgan fingerprint density at radius 1 is 0.964 bits per heavy atom. The summed E-state index contributed by atoms with van der Waals surface area (Å²) in [6.07, 6.45) is 0.633. The highest BCUT2D eigenvalue weighted by Gasteiger charge is 2.27. The van der Waals surface area contributed by atoms with E-state index in [-0.39, 0.29) is 12.6 Å². The fourth-order valence-corrected chi connectivity index (χ4v) is 4.00. The molecule has 4 nitrogen and oxygen atoms in total. The zero-order valence-electron chi connectivity index (χ0n) is 16.5. The van der Waals surface area contributed by atoms with Gasteiger partial charge in [0.2, 0.25) is 0 Å². The Balaban J connectivity index is 1.67. The number of phenols is 1. The maximum atomic E-state index is 13.5. The van der Waals surface area contributed by atoms with Crippen LogP contribution in [0.3, 0.4) is 0 Å². The van der Waals surface area contributed by atoms with Crippen LogP contribution >= 0.6 is 0 Å². The Morgan fingerprint density at radius 2 is 1.68 bits per heavy atom. The highest BCUT2D eigenvalue weighted by molar-refractivity contribution is 5.42. The van der Waals surface area contributed by atoms with Gasteiger partial charge < -0.3 is 10.2 Å². The molecule has 1 heterocycles. The minimum absolute atomic E-state index is 0.0875. The van der Waals surface area contributed by atoms with Crippen LogP contribution < -0.4 is 0 Å². The molecule has 1 atom stereocenters. The van der Waals surface area contributed by atoms with Crippen molar-refractivity contribution >= 4 is 0 Å². The van der Waals surface area contributed by atoms with Crippen molar-refractivity contribution in [2.45, 2.75) is 39.4 Å². The number of aromatic hydroxyl groups is 1. The first-order valence-corrected chi connectivity index (χ1v) is 9.67. The van der Waals surface area contributed by atoms with Gasteiger partial charge in [0.1, 0.15) is 5.75 Å². The third kappa shape index (κ3) is 4.87. The van der Waals surface area contributed by atoms with Crippen LogP contribution in [-0.2, 0) is 13.1 Å². The summed E-state index contributed by atoms with van der Waals surface area (Å²) in [6.45, 7) is 7.65. The molecule has 0 amide bonds. The van der Waals surface area contributed by atoms with E-state index in [9.17, 15) is 19.0 Å². The van der Waals surface area contributed by atoms with Crippen LogP contribution in [0.25, 0.3) is 0 Å². The van der Waals surface area contributed by atoms with Crippen LogP contribution in [-0.4, -0.2) is 52.3 Å². The Bertz CT molecular complexity index is 805. The van der Waals surface area contributed by atoms with Crippen LogP contribution in [0.2, 0.25) is 0 Å². The highest BCUT2D eigenvalue weighted by atomic mass is 19.2. The number of hydrogen-bond acceptors (Lipinski definition) is 4. The predicted octanol–water partition coefficient (Wildman–Crippen LogP) is 3.36. The lowest BCUT2D eigenvalue weighted by molar-refractivity contribution is 0.0499. The molecule has 1 saturated heterocycles. The van der Waals surface area contributed by atoms with Crippen molar-refractivity contribution in [2.24, 2.45) is 0 Å². The summed E-state index contributed by atoms with van der Waals surface area (Å²) in [7, 11) is 0. The second-order valence-corrected chi connectivity index (χ2v) is 7.70. The van der Waals surface area contributed by atoms with Crippen molar-refractivity contribution < 1.29 is 19.0 Å². The molecule has 0 radical (unpaired) electrons. The Hall–Kier alpha value is -2.02. The number of nitrogens with zero attached hydrogens (tertiary/aromatic N) is 2. The fourth-order valence-electron chi connectivity index (χ4n) is 4.00. The van der Waals surface area contributed by atoms with Gasteiger partial charge in [-0.25, -0.2) is 8.78 Å². The molecule has 1 fully saturated rings. The summed E-state index contributed by atoms with van der Waals surface area (Å²) in [6, 6.07) is 8.19. The summed E-state index contributed by atoms with van der Waals surface area (Å²) in [5.74, 6) is -1.31. The monoisotopic (exact) mass is 390 g/mol. The van der Waals surface area contributed by atoms with E-state index in [4.69, 9.17) is 0 Å². The molecule has 6 heteroatoms. The van der Waals surface area contributed by atoms with Crippen LogP contribution in [0.5, 0.6) is 5.75 Å². The summed E-state index contributed by atoms with van der Waals surface area (Å²) >= 11 is 0. The number of rotatable bonds is 6. The zero-order valence-corrected chi connectivity index (χ0v) is 16.5. The van der Waals surface area contributed by atoms with Crippen molar-refractivity contribution in [3.8, 4) is 5.75 Å². The van der Waals surface area contributed by atoms with Gasteiger partial charge in [0, 0.05) is 45.4 Å². The molecule has 0 bridgehead atoms. The summed E-state index contributed by atoms with van der Waals surface area (Å²) < 4.78 is 26.7. The average molecular weight is 390 g/mol. The molecular weight excluding hydrogens is 362 g/mol. The molecular formula is C22H28F2N2O2. The normalized spacial score (nSPS) is 18.5. The number of piperazine rings is 1. The van der Waals surface area contributed by atoms with E-state index < -0.39 is 11.6 Å². The number of hydrogen-bond donors (Lipinski definition) is 2. The van der Waals surface area contributed by atoms with Gasteiger partial charge in [-0.3, -0.25) is 9.80 Å². The number of phenolic OH excluding ortho intramolecular Hbond substituents is 1. The first-order valence-electron chi connectivity index (χ1n) is 9.67. The molecule has 3 rings (SSSR count). The molecule has 0 saturated carbocycles. The minimum Gasteiger partial charge on any atom is -0.507 e. The first kappa shape index (κ1) is 20.7. The minimum atomic E-state index is -0.833. The van der Waals surface area contributed by atoms with Gasteiger partial charge in [0.05, 0.1) is 0 Å². The van der Waals surface area contributed by atoms with Gasteiger partial charge >= 0.3 is 0 Å². The van der Waals surface area contributed by atoms with Crippen molar-refractivity contribution in [3.05, 3.63) is 64.2 Å². The van der Waals surface area contributed by atoms with Crippen molar-refractivity contribution in [3.63, 3.8) is 0 Å². The number of aliphatic hydroxyl groups is 1. The Kier molecular flexibility index (Phi) is 6.65. The molecule has 2 aromatic rings. The summed E-state index contributed by atoms with van der Waals surface area (Å²) in [5.41, 5.74) is 3.64. The molecule has 152 valence electrons. The lowest BCUT2D eigenvalue weighted by Gasteiger charge is -2.41. The van der Waals surface area contributed by atoms with Crippen LogP contribution in [0.15, 0.2) is 30.3 Å². The standard InChI is InChI=1S/C22H28F2N2O2/c1-15-9-18(10-16(2)22(15)28)12-25-6-7-26(19(14-25)5-8-27)13-17-3-4-20(23)21(24)11-17/h3-4,9-11,19,27-28H,5-8,12-14H2,1-2H3. The van der Waals surface area contributed by atoms with E-state index in [0.29, 0.717) is 18.7 Å². The zero-order chi connectivity index (χ0) is 20.3. The second-order valence-electron chi connectivity index (χ2n) is 7.70. The largest absolute Gasteiger partial charge is 0.507 e. The van der Waals surface area contributed by atoms with E-state index in [0.717, 1.165) is 54.5 Å². The van der Waals surface area contributed by atoms with Gasteiger partial charge in [-0.2, -0.15) is 0 Å². The van der Waals surface area contributed by atoms with Gasteiger partial charge in [-0.05, 0) is 54.7 Å². The smallest absolute Gasteiger partial charge is 0.159 e. The Morgan fingerprint density at radius 3 is 2.32 bits per heavy atom. The van der Waals surface area contributed by atoms with Crippen molar-refractivity contribution in [1.29, 1.82) is 0 Å². The molecule has 1 unspecified atom stereocenters. The highest BCUT2D eigenvalue weighted by Crippen LogP contribution is 2.25. The molecule has 28 heavy (non-hydrogen) atoms. The number of aliphatic hydroxyl groups excluding tert-OH is 1. The maximum Gasteiger partial charge on any atom is 0.159 e. The molecule has 0 aliphatic carbocycles. The number of aryl methyl sites for hydroxylation is 2.